The monoisotopic (exact) mass is 855 g/mol. The first-order valence-corrected chi connectivity index (χ1v) is 26.1. The molecule has 0 aromatic rings. The Hall–Kier alpha value is -2.63. The van der Waals surface area contributed by atoms with E-state index in [0.29, 0.717) is 19.3 Å². The summed E-state index contributed by atoms with van der Waals surface area (Å²) in [6, 6.07) is 0. The van der Waals surface area contributed by atoms with Gasteiger partial charge in [-0.3, -0.25) is 14.4 Å². The SMILES string of the molecule is CC/C=C\C/C=C\C/C=C\CCCCCCC(=O)OC(COC(=O)CCCCCC/C=C\CCCC)COC(=O)CCCCCCCCCCCCCCCCCCCCC. The van der Waals surface area contributed by atoms with Crippen molar-refractivity contribution in [1.82, 2.24) is 0 Å². The Morgan fingerprint density at radius 1 is 0.344 bits per heavy atom. The van der Waals surface area contributed by atoms with Gasteiger partial charge in [-0.15, -0.1) is 0 Å². The predicted octanol–water partition coefficient (Wildman–Crippen LogP) is 17.1. The Morgan fingerprint density at radius 3 is 1.07 bits per heavy atom. The molecule has 0 radical (unpaired) electrons. The molecule has 0 rings (SSSR count). The third kappa shape index (κ3) is 48.3. The molecule has 0 aromatic heterocycles. The molecule has 0 aromatic carbocycles. The van der Waals surface area contributed by atoms with E-state index in [0.717, 1.165) is 109 Å². The Labute approximate surface area is 378 Å². The molecule has 0 fully saturated rings. The van der Waals surface area contributed by atoms with Gasteiger partial charge in [-0.2, -0.15) is 0 Å². The maximum absolute atomic E-state index is 12.8. The molecule has 0 aliphatic rings. The third-order valence-electron chi connectivity index (χ3n) is 11.3. The summed E-state index contributed by atoms with van der Waals surface area (Å²) in [5.41, 5.74) is 0. The summed E-state index contributed by atoms with van der Waals surface area (Å²) >= 11 is 0. The standard InChI is InChI=1S/C55H98O6/c1-4-7-10-13-16-19-22-24-26-27-28-29-30-32-33-36-39-42-45-48-54(57)60-51-52(50-59-53(56)47-44-41-38-35-21-18-15-12-9-6-3)61-55(58)49-46-43-40-37-34-31-25-23-20-17-14-11-8-5-2/h8,11,15,17-18,20,25,31,52H,4-7,9-10,12-14,16,19,21-24,26-30,32-51H2,1-3H3/b11-8-,18-15-,20-17-,31-25-. The topological polar surface area (TPSA) is 78.9 Å². The summed E-state index contributed by atoms with van der Waals surface area (Å²) in [6.45, 7) is 6.47. The van der Waals surface area contributed by atoms with E-state index < -0.39 is 6.10 Å². The fraction of sp³-hybridized carbons (Fsp3) is 0.800. The molecule has 0 amide bonds. The molecule has 0 aliphatic carbocycles. The van der Waals surface area contributed by atoms with Gasteiger partial charge in [0.15, 0.2) is 6.10 Å². The van der Waals surface area contributed by atoms with Crippen molar-refractivity contribution in [3.63, 3.8) is 0 Å². The first kappa shape index (κ1) is 58.4. The Balaban J connectivity index is 4.31. The van der Waals surface area contributed by atoms with Gasteiger partial charge in [0.1, 0.15) is 13.2 Å². The number of unbranched alkanes of at least 4 members (excludes halogenated alkanes) is 28. The first-order valence-electron chi connectivity index (χ1n) is 26.1. The van der Waals surface area contributed by atoms with E-state index in [4.69, 9.17) is 14.2 Å². The van der Waals surface area contributed by atoms with Crippen LogP contribution in [0.4, 0.5) is 0 Å². The second kappa shape index (κ2) is 50.0. The van der Waals surface area contributed by atoms with Crippen molar-refractivity contribution >= 4 is 17.9 Å². The van der Waals surface area contributed by atoms with Crippen LogP contribution in [-0.4, -0.2) is 37.2 Å². The maximum atomic E-state index is 12.8. The van der Waals surface area contributed by atoms with Crippen molar-refractivity contribution < 1.29 is 28.6 Å². The quantitative estimate of drug-likeness (QED) is 0.0263. The van der Waals surface area contributed by atoms with Crippen LogP contribution in [0.3, 0.4) is 0 Å². The molecule has 0 aliphatic heterocycles. The Morgan fingerprint density at radius 2 is 0.656 bits per heavy atom. The van der Waals surface area contributed by atoms with Crippen molar-refractivity contribution in [3.8, 4) is 0 Å². The average Bonchev–Trinajstić information content (AvgIpc) is 3.26. The highest BCUT2D eigenvalue weighted by atomic mass is 16.6. The average molecular weight is 855 g/mol. The molecule has 0 saturated heterocycles. The zero-order valence-corrected chi connectivity index (χ0v) is 40.4. The van der Waals surface area contributed by atoms with E-state index >= 15 is 0 Å². The number of carbonyl (C=O) groups excluding carboxylic acids is 3. The molecule has 0 saturated carbocycles. The minimum absolute atomic E-state index is 0.0836. The Kier molecular flexibility index (Phi) is 47.9. The lowest BCUT2D eigenvalue weighted by molar-refractivity contribution is -0.167. The number of hydrogen-bond acceptors (Lipinski definition) is 6. The number of rotatable bonds is 47. The second-order valence-electron chi connectivity index (χ2n) is 17.4. The van der Waals surface area contributed by atoms with Crippen LogP contribution < -0.4 is 0 Å². The van der Waals surface area contributed by atoms with Crippen LogP contribution in [0.25, 0.3) is 0 Å². The van der Waals surface area contributed by atoms with Crippen molar-refractivity contribution in [2.75, 3.05) is 13.2 Å². The minimum Gasteiger partial charge on any atom is -0.462 e. The van der Waals surface area contributed by atoms with Crippen LogP contribution in [-0.2, 0) is 28.6 Å². The van der Waals surface area contributed by atoms with E-state index in [1.807, 2.05) is 0 Å². The first-order chi connectivity index (χ1) is 30.0. The van der Waals surface area contributed by atoms with E-state index in [2.05, 4.69) is 69.4 Å². The zero-order valence-electron chi connectivity index (χ0n) is 40.4. The van der Waals surface area contributed by atoms with E-state index in [1.54, 1.807) is 0 Å². The highest BCUT2D eigenvalue weighted by molar-refractivity contribution is 5.71. The number of allylic oxidation sites excluding steroid dienone is 8. The summed E-state index contributed by atoms with van der Waals surface area (Å²) in [5.74, 6) is -0.913. The summed E-state index contributed by atoms with van der Waals surface area (Å²) in [5, 5.41) is 0. The molecule has 0 heterocycles. The third-order valence-corrected chi connectivity index (χ3v) is 11.3. The molecule has 354 valence electrons. The van der Waals surface area contributed by atoms with Gasteiger partial charge >= 0.3 is 17.9 Å². The van der Waals surface area contributed by atoms with E-state index in [1.165, 1.54) is 116 Å². The molecule has 0 N–H and O–H groups in total. The van der Waals surface area contributed by atoms with Gasteiger partial charge in [-0.1, -0.05) is 223 Å². The summed E-state index contributed by atoms with van der Waals surface area (Å²) in [4.78, 5) is 37.9. The van der Waals surface area contributed by atoms with Gasteiger partial charge in [0.05, 0.1) is 0 Å². The van der Waals surface area contributed by atoms with Crippen LogP contribution in [0, 0.1) is 0 Å². The molecular formula is C55H98O6. The van der Waals surface area contributed by atoms with Crippen molar-refractivity contribution in [2.45, 2.75) is 271 Å². The molecule has 1 atom stereocenters. The number of esters is 3. The lowest BCUT2D eigenvalue weighted by Crippen LogP contribution is -2.30. The largest absolute Gasteiger partial charge is 0.462 e. The smallest absolute Gasteiger partial charge is 0.306 e. The zero-order chi connectivity index (χ0) is 44.4. The molecule has 1 unspecified atom stereocenters. The molecule has 0 spiro atoms. The van der Waals surface area contributed by atoms with Crippen molar-refractivity contribution in [2.24, 2.45) is 0 Å². The van der Waals surface area contributed by atoms with Gasteiger partial charge < -0.3 is 14.2 Å². The summed E-state index contributed by atoms with van der Waals surface area (Å²) in [6.07, 6.45) is 59.6. The molecular weight excluding hydrogens is 757 g/mol. The predicted molar refractivity (Wildman–Crippen MR) is 261 cm³/mol. The fourth-order valence-electron chi connectivity index (χ4n) is 7.38. The summed E-state index contributed by atoms with van der Waals surface area (Å²) in [7, 11) is 0. The van der Waals surface area contributed by atoms with E-state index in [9.17, 15) is 14.4 Å². The highest BCUT2D eigenvalue weighted by Crippen LogP contribution is 2.16. The van der Waals surface area contributed by atoms with Crippen LogP contribution in [0.1, 0.15) is 265 Å². The number of carbonyl (C=O) groups is 3. The van der Waals surface area contributed by atoms with Gasteiger partial charge in [-0.25, -0.2) is 0 Å². The van der Waals surface area contributed by atoms with Crippen LogP contribution >= 0.6 is 0 Å². The van der Waals surface area contributed by atoms with E-state index in [-0.39, 0.29) is 31.1 Å². The number of hydrogen-bond donors (Lipinski definition) is 0. The molecule has 6 heteroatoms. The minimum atomic E-state index is -0.785. The molecule has 6 nitrogen and oxygen atoms in total. The number of ether oxygens (including phenoxy) is 3. The fourth-order valence-corrected chi connectivity index (χ4v) is 7.38. The maximum Gasteiger partial charge on any atom is 0.306 e. The van der Waals surface area contributed by atoms with Gasteiger partial charge in [0.25, 0.3) is 0 Å². The van der Waals surface area contributed by atoms with Crippen molar-refractivity contribution in [3.05, 3.63) is 48.6 Å². The van der Waals surface area contributed by atoms with Gasteiger partial charge in [0.2, 0.25) is 0 Å². The lowest BCUT2D eigenvalue weighted by atomic mass is 10.0. The Bertz CT molecular complexity index is 1070. The summed E-state index contributed by atoms with van der Waals surface area (Å²) < 4.78 is 16.8. The lowest BCUT2D eigenvalue weighted by Gasteiger charge is -2.18. The molecule has 61 heavy (non-hydrogen) atoms. The van der Waals surface area contributed by atoms with Crippen LogP contribution in [0.15, 0.2) is 48.6 Å². The van der Waals surface area contributed by atoms with Crippen molar-refractivity contribution in [1.29, 1.82) is 0 Å². The normalized spacial score (nSPS) is 12.4. The molecule has 0 bridgehead atoms. The second-order valence-corrected chi connectivity index (χ2v) is 17.4. The van der Waals surface area contributed by atoms with Crippen LogP contribution in [0.5, 0.6) is 0 Å². The van der Waals surface area contributed by atoms with Gasteiger partial charge in [-0.05, 0) is 70.6 Å². The van der Waals surface area contributed by atoms with Gasteiger partial charge in [0, 0.05) is 19.3 Å². The van der Waals surface area contributed by atoms with Crippen LogP contribution in [0.2, 0.25) is 0 Å². The highest BCUT2D eigenvalue weighted by Gasteiger charge is 2.19.